The molecule has 1 heterocycles. The van der Waals surface area contributed by atoms with Crippen molar-refractivity contribution in [1.29, 1.82) is 0 Å². The van der Waals surface area contributed by atoms with Crippen molar-refractivity contribution < 1.29 is 28.2 Å². The summed E-state index contributed by atoms with van der Waals surface area (Å²) >= 11 is 0. The molecule has 4 N–H and O–H groups in total. The van der Waals surface area contributed by atoms with Crippen LogP contribution in [0.3, 0.4) is 0 Å². The zero-order valence-electron chi connectivity index (χ0n) is 19.1. The van der Waals surface area contributed by atoms with E-state index in [4.69, 9.17) is 6.57 Å². The molecule has 14 heteroatoms. The predicted octanol–water partition coefficient (Wildman–Crippen LogP) is 4.33. The highest BCUT2D eigenvalue weighted by Gasteiger charge is 2.19. The lowest BCUT2D eigenvalue weighted by atomic mass is 10.1. The van der Waals surface area contributed by atoms with E-state index in [1.807, 2.05) is 0 Å². The number of hydrogen-bond donors (Lipinski definition) is 4. The summed E-state index contributed by atoms with van der Waals surface area (Å²) in [6, 6.07) is 16.5. The van der Waals surface area contributed by atoms with Crippen molar-refractivity contribution in [2.75, 3.05) is 4.72 Å². The number of aromatic nitrogens is 2. The molecule has 0 spiro atoms. The smallest absolute Gasteiger partial charge is 0.335 e. The van der Waals surface area contributed by atoms with Crippen LogP contribution in [0.4, 0.5) is 22.9 Å². The molecule has 0 bridgehead atoms. The molecular formula is C24H16N6O7S. The molecule has 190 valence electrons. The topological polar surface area (TPSA) is 188 Å². The molecule has 0 fully saturated rings. The van der Waals surface area contributed by atoms with E-state index in [0.29, 0.717) is 5.69 Å². The van der Waals surface area contributed by atoms with Crippen LogP contribution in [0, 0.1) is 6.57 Å². The maximum atomic E-state index is 12.9. The first-order valence-electron chi connectivity index (χ1n) is 10.5. The summed E-state index contributed by atoms with van der Waals surface area (Å²) in [7, 11) is -4.31. The Balaban J connectivity index is 1.65. The van der Waals surface area contributed by atoms with Crippen LogP contribution in [-0.4, -0.2) is 40.3 Å². The minimum atomic E-state index is -4.31. The second kappa shape index (κ2) is 10.2. The minimum absolute atomic E-state index is 0.0289. The van der Waals surface area contributed by atoms with Gasteiger partial charge in [0.2, 0.25) is 0 Å². The standard InChI is InChI=1S/C24H16N6O7S/c1-25-21-20(22(31)30(28-21)18-7-3-2-4-8-18)27-26-16-6-5-9-19(13-16)38(36,37)29-17-11-14(23(32)33)10-15(12-17)24(34)35/h2-13,28-29H,(H,32,33)(H,34,35). The van der Waals surface area contributed by atoms with Gasteiger partial charge >= 0.3 is 17.5 Å². The number of para-hydroxylation sites is 1. The van der Waals surface area contributed by atoms with Crippen molar-refractivity contribution in [1.82, 2.24) is 9.78 Å². The molecule has 4 rings (SSSR count). The molecule has 0 aliphatic carbocycles. The predicted molar refractivity (Wildman–Crippen MR) is 134 cm³/mol. The number of sulfonamides is 1. The molecule has 0 aliphatic heterocycles. The van der Waals surface area contributed by atoms with E-state index in [2.05, 4.69) is 24.9 Å². The second-order valence-electron chi connectivity index (χ2n) is 7.61. The molecule has 0 radical (unpaired) electrons. The van der Waals surface area contributed by atoms with Gasteiger partial charge in [-0.3, -0.25) is 9.52 Å². The van der Waals surface area contributed by atoms with Crippen LogP contribution in [0.5, 0.6) is 0 Å². The van der Waals surface area contributed by atoms with Crippen molar-refractivity contribution >= 4 is 44.8 Å². The van der Waals surface area contributed by atoms with Crippen LogP contribution in [0.1, 0.15) is 20.7 Å². The fourth-order valence-corrected chi connectivity index (χ4v) is 4.39. The third-order valence-corrected chi connectivity index (χ3v) is 6.43. The van der Waals surface area contributed by atoms with Crippen molar-refractivity contribution in [2.24, 2.45) is 10.2 Å². The molecule has 38 heavy (non-hydrogen) atoms. The van der Waals surface area contributed by atoms with Gasteiger partial charge in [-0.1, -0.05) is 30.8 Å². The van der Waals surface area contributed by atoms with Gasteiger partial charge in [0, 0.05) is 0 Å². The zero-order chi connectivity index (χ0) is 27.4. The number of benzene rings is 3. The first-order valence-corrected chi connectivity index (χ1v) is 12.0. The molecule has 3 aromatic carbocycles. The van der Waals surface area contributed by atoms with E-state index in [-0.39, 0.29) is 27.8 Å². The molecule has 0 atom stereocenters. The quantitative estimate of drug-likeness (QED) is 0.192. The number of aromatic amines is 1. The van der Waals surface area contributed by atoms with Gasteiger partial charge in [0.25, 0.3) is 15.8 Å². The van der Waals surface area contributed by atoms with Gasteiger partial charge in [0.1, 0.15) is 0 Å². The molecule has 0 saturated heterocycles. The maximum Gasteiger partial charge on any atom is 0.335 e. The van der Waals surface area contributed by atoms with Crippen molar-refractivity contribution in [3.05, 3.63) is 106 Å². The second-order valence-corrected chi connectivity index (χ2v) is 9.29. The Morgan fingerprint density at radius 1 is 0.921 bits per heavy atom. The van der Waals surface area contributed by atoms with Gasteiger partial charge in [0.15, 0.2) is 5.69 Å². The highest BCUT2D eigenvalue weighted by Crippen LogP contribution is 2.27. The average Bonchev–Trinajstić information content (AvgIpc) is 3.22. The lowest BCUT2D eigenvalue weighted by Crippen LogP contribution is -2.14. The zero-order valence-corrected chi connectivity index (χ0v) is 19.9. The molecule has 0 unspecified atom stereocenters. The van der Waals surface area contributed by atoms with E-state index in [9.17, 15) is 33.0 Å². The van der Waals surface area contributed by atoms with Gasteiger partial charge in [-0.25, -0.2) is 23.1 Å². The van der Waals surface area contributed by atoms with Crippen LogP contribution in [0.15, 0.2) is 92.7 Å². The Kier molecular flexibility index (Phi) is 6.86. The SMILES string of the molecule is [C-]#[N+]c1[nH]n(-c2ccccc2)c(=O)c1N=Nc1cccc(S(=O)(=O)Nc2cc(C(=O)O)cc(C(=O)O)c2)c1. The number of H-pyrrole nitrogens is 1. The Bertz CT molecular complexity index is 1770. The summed E-state index contributed by atoms with van der Waals surface area (Å²) in [5, 5.41) is 28.8. The summed E-state index contributed by atoms with van der Waals surface area (Å²) in [5.41, 5.74) is -1.53. The lowest BCUT2D eigenvalue weighted by molar-refractivity contribution is 0.0696. The van der Waals surface area contributed by atoms with Gasteiger partial charge in [-0.2, -0.15) is 14.9 Å². The number of azo groups is 1. The van der Waals surface area contributed by atoms with E-state index >= 15 is 0 Å². The number of carbonyl (C=O) groups is 2. The summed E-state index contributed by atoms with van der Waals surface area (Å²) < 4.78 is 29.1. The van der Waals surface area contributed by atoms with Crippen LogP contribution in [0.25, 0.3) is 10.5 Å². The molecule has 0 amide bonds. The fourth-order valence-electron chi connectivity index (χ4n) is 3.31. The number of carboxylic acid groups (broad SMARTS) is 2. The lowest BCUT2D eigenvalue weighted by Gasteiger charge is -2.10. The minimum Gasteiger partial charge on any atom is -0.478 e. The average molecular weight is 532 g/mol. The Morgan fingerprint density at radius 3 is 2.18 bits per heavy atom. The summed E-state index contributed by atoms with van der Waals surface area (Å²) in [6.45, 7) is 7.32. The number of nitrogens with one attached hydrogen (secondary N) is 2. The number of anilines is 1. The first kappa shape index (κ1) is 25.5. The molecule has 1 aromatic heterocycles. The number of aromatic carboxylic acids is 2. The largest absolute Gasteiger partial charge is 0.478 e. The molecule has 0 saturated carbocycles. The molecule has 0 aliphatic rings. The maximum absolute atomic E-state index is 12.9. The number of carboxylic acids is 2. The third-order valence-electron chi connectivity index (χ3n) is 5.05. The summed E-state index contributed by atoms with van der Waals surface area (Å²) in [6.07, 6.45) is 0. The van der Waals surface area contributed by atoms with Crippen molar-refractivity contribution in [3.63, 3.8) is 0 Å². The van der Waals surface area contributed by atoms with E-state index in [0.717, 1.165) is 28.9 Å². The first-order chi connectivity index (χ1) is 18.1. The van der Waals surface area contributed by atoms with Gasteiger partial charge < -0.3 is 15.1 Å². The van der Waals surface area contributed by atoms with E-state index in [1.54, 1.807) is 30.3 Å². The number of rotatable bonds is 8. The Labute approximate surface area is 214 Å². The van der Waals surface area contributed by atoms with Crippen LogP contribution >= 0.6 is 0 Å². The van der Waals surface area contributed by atoms with E-state index in [1.165, 1.54) is 18.2 Å². The van der Waals surface area contributed by atoms with Crippen LogP contribution in [-0.2, 0) is 10.0 Å². The van der Waals surface area contributed by atoms with Gasteiger partial charge in [-0.05, 0) is 48.5 Å². The monoisotopic (exact) mass is 532 g/mol. The Morgan fingerprint density at radius 2 is 1.58 bits per heavy atom. The van der Waals surface area contributed by atoms with Crippen LogP contribution < -0.4 is 10.3 Å². The van der Waals surface area contributed by atoms with Crippen LogP contribution in [0.2, 0.25) is 0 Å². The van der Waals surface area contributed by atoms with E-state index < -0.39 is 38.6 Å². The highest BCUT2D eigenvalue weighted by atomic mass is 32.2. The highest BCUT2D eigenvalue weighted by molar-refractivity contribution is 7.92. The summed E-state index contributed by atoms with van der Waals surface area (Å²) in [5.74, 6) is -3.04. The fraction of sp³-hybridized carbons (Fsp3) is 0. The third kappa shape index (κ3) is 5.32. The van der Waals surface area contributed by atoms with Crippen molar-refractivity contribution in [2.45, 2.75) is 4.90 Å². The van der Waals surface area contributed by atoms with Gasteiger partial charge in [0.05, 0.1) is 33.1 Å². The molecule has 4 aromatic rings. The summed E-state index contributed by atoms with van der Waals surface area (Å²) in [4.78, 5) is 38.4. The van der Waals surface area contributed by atoms with Crippen molar-refractivity contribution in [3.8, 4) is 5.69 Å². The number of hydrogen-bond acceptors (Lipinski definition) is 7. The molecule has 13 nitrogen and oxygen atoms in total. The van der Waals surface area contributed by atoms with Gasteiger partial charge in [-0.15, -0.1) is 0 Å². The number of nitrogens with zero attached hydrogens (tertiary/aromatic N) is 4. The normalized spacial score (nSPS) is 11.2. The Hall–Kier alpha value is -5.55. The molecular weight excluding hydrogens is 516 g/mol.